The summed E-state index contributed by atoms with van der Waals surface area (Å²) in [5.41, 5.74) is 1.14. The fourth-order valence-corrected chi connectivity index (χ4v) is 5.08. The lowest BCUT2D eigenvalue weighted by molar-refractivity contribution is -0.144. The molecular weight excluding hydrogens is 360 g/mol. The molecule has 0 amide bonds. The van der Waals surface area contributed by atoms with Gasteiger partial charge in [-0.05, 0) is 38.7 Å². The summed E-state index contributed by atoms with van der Waals surface area (Å²) in [6.45, 7) is 4.47. The van der Waals surface area contributed by atoms with Crippen LogP contribution in [0, 0.1) is 0 Å². The van der Waals surface area contributed by atoms with E-state index in [0.717, 1.165) is 29.5 Å². The van der Waals surface area contributed by atoms with Gasteiger partial charge in [0.05, 0.1) is 30.4 Å². The molecule has 0 radical (unpaired) electrons. The number of esters is 1. The van der Waals surface area contributed by atoms with Gasteiger partial charge in [-0.15, -0.1) is 11.3 Å². The van der Waals surface area contributed by atoms with Crippen LogP contribution in [0.3, 0.4) is 0 Å². The van der Waals surface area contributed by atoms with Crippen LogP contribution in [0.15, 0.2) is 9.95 Å². The van der Waals surface area contributed by atoms with Crippen molar-refractivity contribution in [2.75, 3.05) is 19.5 Å². The third kappa shape index (κ3) is 3.91. The minimum Gasteiger partial charge on any atom is -0.462 e. The van der Waals surface area contributed by atoms with Crippen molar-refractivity contribution < 1.29 is 14.3 Å². The fraction of sp³-hybridized carbons (Fsp3) is 0.588. The molecule has 0 saturated carbocycles. The van der Waals surface area contributed by atoms with Crippen LogP contribution in [0.1, 0.15) is 30.7 Å². The maximum atomic E-state index is 13.0. The third-order valence-corrected chi connectivity index (χ3v) is 6.13. The standard InChI is InChI=1S/C17H22N2O4S2/c1-10(2)23-13(20)9-24-17-18-15-14(11-5-4-6-12(11)25-15)16(21)19(17)7-8-22-3/h10H,4-9H2,1-3H3. The Balaban J connectivity index is 1.95. The van der Waals surface area contributed by atoms with Gasteiger partial charge in [-0.2, -0.15) is 0 Å². The van der Waals surface area contributed by atoms with Gasteiger partial charge >= 0.3 is 5.97 Å². The van der Waals surface area contributed by atoms with Crippen molar-refractivity contribution in [1.29, 1.82) is 0 Å². The largest absolute Gasteiger partial charge is 0.462 e. The topological polar surface area (TPSA) is 70.4 Å². The first-order valence-electron chi connectivity index (χ1n) is 8.37. The second kappa shape index (κ2) is 7.88. The average Bonchev–Trinajstić information content (AvgIpc) is 3.11. The van der Waals surface area contributed by atoms with Gasteiger partial charge in [-0.3, -0.25) is 14.2 Å². The first-order valence-corrected chi connectivity index (χ1v) is 10.2. The highest BCUT2D eigenvalue weighted by Crippen LogP contribution is 2.35. The van der Waals surface area contributed by atoms with Crippen LogP contribution in [-0.4, -0.2) is 41.1 Å². The van der Waals surface area contributed by atoms with Gasteiger partial charge in [0.1, 0.15) is 4.83 Å². The Morgan fingerprint density at radius 1 is 1.40 bits per heavy atom. The van der Waals surface area contributed by atoms with Crippen LogP contribution in [0.2, 0.25) is 0 Å². The molecule has 2 heterocycles. The molecule has 6 nitrogen and oxygen atoms in total. The van der Waals surface area contributed by atoms with E-state index >= 15 is 0 Å². The van der Waals surface area contributed by atoms with Gasteiger partial charge in [-0.1, -0.05) is 11.8 Å². The Labute approximate surface area is 154 Å². The number of ether oxygens (including phenoxy) is 2. The van der Waals surface area contributed by atoms with E-state index in [0.29, 0.717) is 18.3 Å². The van der Waals surface area contributed by atoms with E-state index in [9.17, 15) is 9.59 Å². The van der Waals surface area contributed by atoms with E-state index in [1.54, 1.807) is 23.0 Å². The van der Waals surface area contributed by atoms with Crippen LogP contribution < -0.4 is 5.56 Å². The summed E-state index contributed by atoms with van der Waals surface area (Å²) in [5.74, 6) is -0.171. The number of thiophene rings is 1. The summed E-state index contributed by atoms with van der Waals surface area (Å²) in [6, 6.07) is 0. The van der Waals surface area contributed by atoms with Crippen LogP contribution in [0.5, 0.6) is 0 Å². The molecule has 0 saturated heterocycles. The molecule has 3 rings (SSSR count). The molecule has 0 bridgehead atoms. The molecule has 0 aliphatic heterocycles. The zero-order valence-corrected chi connectivity index (χ0v) is 16.3. The summed E-state index contributed by atoms with van der Waals surface area (Å²) in [5, 5.41) is 1.30. The summed E-state index contributed by atoms with van der Waals surface area (Å²) in [6.07, 6.45) is 2.92. The van der Waals surface area contributed by atoms with Crippen molar-refractivity contribution in [2.24, 2.45) is 0 Å². The van der Waals surface area contributed by atoms with Crippen molar-refractivity contribution in [2.45, 2.75) is 50.9 Å². The van der Waals surface area contributed by atoms with E-state index < -0.39 is 0 Å². The number of methoxy groups -OCH3 is 1. The maximum Gasteiger partial charge on any atom is 0.316 e. The Kier molecular flexibility index (Phi) is 5.81. The van der Waals surface area contributed by atoms with Crippen molar-refractivity contribution in [3.8, 4) is 0 Å². The molecule has 2 aromatic rings. The molecule has 8 heteroatoms. The number of rotatable bonds is 7. The molecule has 25 heavy (non-hydrogen) atoms. The molecule has 0 fully saturated rings. The predicted molar refractivity (Wildman–Crippen MR) is 99.7 cm³/mol. The minimum atomic E-state index is -0.304. The Morgan fingerprint density at radius 2 is 2.20 bits per heavy atom. The third-order valence-electron chi connectivity index (χ3n) is 4.00. The highest BCUT2D eigenvalue weighted by molar-refractivity contribution is 7.99. The Bertz CT molecular complexity index is 841. The second-order valence-electron chi connectivity index (χ2n) is 6.21. The lowest BCUT2D eigenvalue weighted by Gasteiger charge is -2.12. The van der Waals surface area contributed by atoms with Crippen LogP contribution in [-0.2, 0) is 33.7 Å². The first-order chi connectivity index (χ1) is 12.0. The number of aryl methyl sites for hydroxylation is 2. The molecule has 2 aromatic heterocycles. The minimum absolute atomic E-state index is 0.0267. The van der Waals surface area contributed by atoms with Gasteiger partial charge in [0.25, 0.3) is 5.56 Å². The van der Waals surface area contributed by atoms with Crippen LogP contribution >= 0.6 is 23.1 Å². The zero-order chi connectivity index (χ0) is 18.0. The van der Waals surface area contributed by atoms with Crippen molar-refractivity contribution in [1.82, 2.24) is 9.55 Å². The quantitative estimate of drug-likeness (QED) is 0.416. The van der Waals surface area contributed by atoms with Crippen LogP contribution in [0.4, 0.5) is 0 Å². The predicted octanol–water partition coefficient (Wildman–Crippen LogP) is 2.64. The number of aromatic nitrogens is 2. The molecule has 0 atom stereocenters. The van der Waals surface area contributed by atoms with Gasteiger partial charge in [0.15, 0.2) is 5.16 Å². The fourth-order valence-electron chi connectivity index (χ4n) is 2.97. The highest BCUT2D eigenvalue weighted by Gasteiger charge is 2.23. The number of hydrogen-bond donors (Lipinski definition) is 0. The van der Waals surface area contributed by atoms with E-state index in [-0.39, 0.29) is 23.4 Å². The summed E-state index contributed by atoms with van der Waals surface area (Å²) in [4.78, 5) is 31.6. The van der Waals surface area contributed by atoms with Crippen molar-refractivity contribution >= 4 is 39.3 Å². The molecule has 136 valence electrons. The monoisotopic (exact) mass is 382 g/mol. The van der Waals surface area contributed by atoms with Crippen molar-refractivity contribution in [3.05, 3.63) is 20.8 Å². The van der Waals surface area contributed by atoms with Gasteiger partial charge in [-0.25, -0.2) is 4.98 Å². The smallest absolute Gasteiger partial charge is 0.316 e. The molecule has 1 aliphatic rings. The number of nitrogens with zero attached hydrogens (tertiary/aromatic N) is 2. The molecular formula is C17H22N2O4S2. The summed E-state index contributed by atoms with van der Waals surface area (Å²) < 4.78 is 11.9. The average molecular weight is 383 g/mol. The zero-order valence-electron chi connectivity index (χ0n) is 14.7. The van der Waals surface area contributed by atoms with Gasteiger partial charge in [0, 0.05) is 12.0 Å². The number of fused-ring (bicyclic) bond motifs is 3. The van der Waals surface area contributed by atoms with E-state index in [1.165, 1.54) is 22.2 Å². The van der Waals surface area contributed by atoms with E-state index in [1.807, 2.05) is 13.8 Å². The van der Waals surface area contributed by atoms with Gasteiger partial charge in [0.2, 0.25) is 0 Å². The SMILES string of the molecule is COCCn1c(SCC(=O)OC(C)C)nc2sc3c(c2c1=O)CCC3. The molecule has 0 spiro atoms. The van der Waals surface area contributed by atoms with Crippen molar-refractivity contribution in [3.63, 3.8) is 0 Å². The number of carbonyl (C=O) groups is 1. The maximum absolute atomic E-state index is 13.0. The van der Waals surface area contributed by atoms with E-state index in [2.05, 4.69) is 4.98 Å². The summed E-state index contributed by atoms with van der Waals surface area (Å²) >= 11 is 2.85. The number of thioether (sulfide) groups is 1. The second-order valence-corrected chi connectivity index (χ2v) is 8.23. The molecule has 0 aromatic carbocycles. The van der Waals surface area contributed by atoms with E-state index in [4.69, 9.17) is 9.47 Å². The molecule has 0 N–H and O–H groups in total. The lowest BCUT2D eigenvalue weighted by atomic mass is 10.2. The first kappa shape index (κ1) is 18.4. The summed E-state index contributed by atoms with van der Waals surface area (Å²) in [7, 11) is 1.60. The van der Waals surface area contributed by atoms with Crippen LogP contribution in [0.25, 0.3) is 10.2 Å². The highest BCUT2D eigenvalue weighted by atomic mass is 32.2. The number of hydrogen-bond acceptors (Lipinski definition) is 7. The molecule has 0 unspecified atom stereocenters. The Hall–Kier alpha value is -1.38. The van der Waals surface area contributed by atoms with Gasteiger partial charge < -0.3 is 9.47 Å². The number of carbonyl (C=O) groups excluding carboxylic acids is 1. The normalized spacial score (nSPS) is 13.6. The molecule has 1 aliphatic carbocycles. The Morgan fingerprint density at radius 3 is 2.92 bits per heavy atom. The lowest BCUT2D eigenvalue weighted by Crippen LogP contribution is -2.26.